The first-order valence-corrected chi connectivity index (χ1v) is 11.6. The number of carbonyl (C=O) groups is 1. The summed E-state index contributed by atoms with van der Waals surface area (Å²) >= 11 is 1.25. The Bertz CT molecular complexity index is 853. The fraction of sp³-hybridized carbons (Fsp3) is 0.450. The van der Waals surface area contributed by atoms with Crippen molar-refractivity contribution >= 4 is 27.3 Å². The Kier molecular flexibility index (Phi) is 6.34. The van der Waals surface area contributed by atoms with Crippen molar-refractivity contribution in [1.82, 2.24) is 9.62 Å². The fourth-order valence-electron chi connectivity index (χ4n) is 3.42. The Morgan fingerprint density at radius 3 is 2.48 bits per heavy atom. The van der Waals surface area contributed by atoms with Gasteiger partial charge in [0, 0.05) is 25.6 Å². The molecule has 1 saturated heterocycles. The molecule has 0 saturated carbocycles. The molecule has 1 fully saturated rings. The fourth-order valence-corrected chi connectivity index (χ4v) is 6.04. The first kappa shape index (κ1) is 20.0. The van der Waals surface area contributed by atoms with E-state index in [9.17, 15) is 13.2 Å². The summed E-state index contributed by atoms with van der Waals surface area (Å²) in [5.41, 5.74) is 2.28. The van der Waals surface area contributed by atoms with Crippen LogP contribution >= 0.6 is 11.3 Å². The molecule has 1 atom stereocenters. The maximum atomic E-state index is 12.6. The summed E-state index contributed by atoms with van der Waals surface area (Å²) in [6.45, 7) is 5.45. The third-order valence-electron chi connectivity index (χ3n) is 5.30. The average Bonchev–Trinajstić information content (AvgIpc) is 3.22. The summed E-state index contributed by atoms with van der Waals surface area (Å²) in [5, 5.41) is 4.79. The number of aryl methyl sites for hydroxylation is 1. The molecule has 1 aromatic carbocycles. The van der Waals surface area contributed by atoms with Crippen LogP contribution in [0.2, 0.25) is 0 Å². The van der Waals surface area contributed by atoms with Crippen molar-refractivity contribution in [3.63, 3.8) is 0 Å². The number of thiophene rings is 1. The minimum absolute atomic E-state index is 0.0372. The third kappa shape index (κ3) is 4.78. The van der Waals surface area contributed by atoms with E-state index >= 15 is 0 Å². The molecule has 3 rings (SSSR count). The SMILES string of the molecule is Cc1ccc(CNC(=O)C(C)C2CCN(S(=O)(=O)c3cccs3)CC2)cc1. The van der Waals surface area contributed by atoms with Crippen LogP contribution in [0, 0.1) is 18.8 Å². The number of amides is 1. The van der Waals surface area contributed by atoms with Gasteiger partial charge in [-0.15, -0.1) is 11.3 Å². The quantitative estimate of drug-likeness (QED) is 0.799. The van der Waals surface area contributed by atoms with Crippen molar-refractivity contribution in [1.29, 1.82) is 0 Å². The van der Waals surface area contributed by atoms with Crippen molar-refractivity contribution in [3.05, 3.63) is 52.9 Å². The maximum Gasteiger partial charge on any atom is 0.252 e. The zero-order chi connectivity index (χ0) is 19.4. The van der Waals surface area contributed by atoms with Gasteiger partial charge in [-0.05, 0) is 42.7 Å². The van der Waals surface area contributed by atoms with E-state index < -0.39 is 10.0 Å². The van der Waals surface area contributed by atoms with Gasteiger partial charge in [0.15, 0.2) is 0 Å². The second kappa shape index (κ2) is 8.54. The topological polar surface area (TPSA) is 66.5 Å². The predicted molar refractivity (Wildman–Crippen MR) is 108 cm³/mol. The number of nitrogens with one attached hydrogen (secondary N) is 1. The molecule has 0 bridgehead atoms. The first-order valence-electron chi connectivity index (χ1n) is 9.25. The summed E-state index contributed by atoms with van der Waals surface area (Å²) in [4.78, 5) is 12.5. The van der Waals surface area contributed by atoms with Crippen LogP contribution in [0.3, 0.4) is 0 Å². The highest BCUT2D eigenvalue weighted by molar-refractivity contribution is 7.91. The van der Waals surface area contributed by atoms with Crippen LogP contribution in [-0.4, -0.2) is 31.7 Å². The Morgan fingerprint density at radius 1 is 1.22 bits per heavy atom. The summed E-state index contributed by atoms with van der Waals surface area (Å²) < 4.78 is 27.1. The number of carbonyl (C=O) groups excluding carboxylic acids is 1. The smallest absolute Gasteiger partial charge is 0.252 e. The van der Waals surface area contributed by atoms with E-state index in [0.29, 0.717) is 36.7 Å². The number of piperidine rings is 1. The Hall–Kier alpha value is -1.70. The van der Waals surface area contributed by atoms with E-state index in [1.165, 1.54) is 16.9 Å². The summed E-state index contributed by atoms with van der Waals surface area (Å²) in [6, 6.07) is 11.5. The molecule has 1 aliphatic rings. The van der Waals surface area contributed by atoms with Crippen LogP contribution in [0.15, 0.2) is 46.0 Å². The lowest BCUT2D eigenvalue weighted by Crippen LogP contribution is -2.42. The summed E-state index contributed by atoms with van der Waals surface area (Å²) in [5.74, 6) is 0.120. The van der Waals surface area contributed by atoms with E-state index in [1.807, 2.05) is 38.1 Å². The van der Waals surface area contributed by atoms with Gasteiger partial charge < -0.3 is 5.32 Å². The molecule has 5 nitrogen and oxygen atoms in total. The zero-order valence-corrected chi connectivity index (χ0v) is 17.4. The Morgan fingerprint density at radius 2 is 1.89 bits per heavy atom. The van der Waals surface area contributed by atoms with Gasteiger partial charge in [0.25, 0.3) is 10.0 Å². The number of hydrogen-bond acceptors (Lipinski definition) is 4. The molecule has 2 aromatic rings. The van der Waals surface area contributed by atoms with E-state index in [1.54, 1.807) is 21.8 Å². The summed E-state index contributed by atoms with van der Waals surface area (Å²) in [6.07, 6.45) is 1.42. The highest BCUT2D eigenvalue weighted by Gasteiger charge is 2.33. The molecular formula is C20H26N2O3S2. The Labute approximate surface area is 165 Å². The molecule has 1 aliphatic heterocycles. The van der Waals surface area contributed by atoms with Gasteiger partial charge >= 0.3 is 0 Å². The van der Waals surface area contributed by atoms with Crippen molar-refractivity contribution in [2.45, 2.75) is 37.4 Å². The lowest BCUT2D eigenvalue weighted by atomic mass is 9.85. The van der Waals surface area contributed by atoms with Crippen LogP contribution < -0.4 is 5.32 Å². The molecule has 1 N–H and O–H groups in total. The molecule has 27 heavy (non-hydrogen) atoms. The van der Waals surface area contributed by atoms with Gasteiger partial charge in [-0.2, -0.15) is 4.31 Å². The van der Waals surface area contributed by atoms with Gasteiger partial charge in [0.05, 0.1) is 0 Å². The highest BCUT2D eigenvalue weighted by atomic mass is 32.2. The minimum atomic E-state index is -3.39. The number of benzene rings is 1. The molecule has 1 amide bonds. The lowest BCUT2D eigenvalue weighted by molar-refractivity contribution is -0.126. The molecule has 2 heterocycles. The van der Waals surface area contributed by atoms with E-state index in [0.717, 1.165) is 5.56 Å². The predicted octanol–water partition coefficient (Wildman–Crippen LogP) is 3.41. The molecule has 7 heteroatoms. The van der Waals surface area contributed by atoms with Crippen molar-refractivity contribution in [2.75, 3.05) is 13.1 Å². The molecule has 0 spiro atoms. The van der Waals surface area contributed by atoms with Crippen molar-refractivity contribution < 1.29 is 13.2 Å². The van der Waals surface area contributed by atoms with Crippen LogP contribution in [0.25, 0.3) is 0 Å². The first-order chi connectivity index (χ1) is 12.9. The standard InChI is InChI=1S/C20H26N2O3S2/c1-15-5-7-17(8-6-15)14-21-20(23)16(2)18-9-11-22(12-10-18)27(24,25)19-4-3-13-26-19/h3-8,13,16,18H,9-12,14H2,1-2H3,(H,21,23). The molecule has 146 valence electrons. The Balaban J connectivity index is 1.51. The van der Waals surface area contributed by atoms with Gasteiger partial charge in [0.1, 0.15) is 4.21 Å². The second-order valence-electron chi connectivity index (χ2n) is 7.17. The normalized spacial score (nSPS) is 17.6. The minimum Gasteiger partial charge on any atom is -0.352 e. The van der Waals surface area contributed by atoms with Crippen LogP contribution in [0.1, 0.15) is 30.9 Å². The van der Waals surface area contributed by atoms with Crippen molar-refractivity contribution in [3.8, 4) is 0 Å². The number of rotatable bonds is 6. The second-order valence-corrected chi connectivity index (χ2v) is 10.3. The number of hydrogen-bond donors (Lipinski definition) is 1. The van der Waals surface area contributed by atoms with E-state index in [4.69, 9.17) is 0 Å². The molecule has 0 radical (unpaired) electrons. The monoisotopic (exact) mass is 406 g/mol. The molecule has 1 unspecified atom stereocenters. The number of nitrogens with zero attached hydrogens (tertiary/aromatic N) is 1. The largest absolute Gasteiger partial charge is 0.352 e. The number of sulfonamides is 1. The van der Waals surface area contributed by atoms with Crippen LogP contribution in [0.5, 0.6) is 0 Å². The van der Waals surface area contributed by atoms with Gasteiger partial charge in [-0.1, -0.05) is 42.8 Å². The molecular weight excluding hydrogens is 380 g/mol. The molecule has 1 aromatic heterocycles. The lowest BCUT2D eigenvalue weighted by Gasteiger charge is -2.33. The zero-order valence-electron chi connectivity index (χ0n) is 15.7. The maximum absolute atomic E-state index is 12.6. The highest BCUT2D eigenvalue weighted by Crippen LogP contribution is 2.29. The van der Waals surface area contributed by atoms with E-state index in [2.05, 4.69) is 5.32 Å². The third-order valence-corrected chi connectivity index (χ3v) is 8.57. The van der Waals surface area contributed by atoms with Crippen molar-refractivity contribution in [2.24, 2.45) is 11.8 Å². The van der Waals surface area contributed by atoms with Crippen LogP contribution in [-0.2, 0) is 21.4 Å². The van der Waals surface area contributed by atoms with Gasteiger partial charge in [0.2, 0.25) is 5.91 Å². The van der Waals surface area contributed by atoms with Gasteiger partial charge in [-0.25, -0.2) is 8.42 Å². The molecule has 0 aliphatic carbocycles. The van der Waals surface area contributed by atoms with Gasteiger partial charge in [-0.3, -0.25) is 4.79 Å². The summed E-state index contributed by atoms with van der Waals surface area (Å²) in [7, 11) is -3.39. The van der Waals surface area contributed by atoms with Crippen LogP contribution in [0.4, 0.5) is 0 Å². The average molecular weight is 407 g/mol. The van der Waals surface area contributed by atoms with E-state index in [-0.39, 0.29) is 17.7 Å².